The molecule has 1 saturated heterocycles. The number of carbonyl (C=O) groups is 1. The molecule has 4 nitrogen and oxygen atoms in total. The number of halogens is 3. The zero-order chi connectivity index (χ0) is 16.9. The molecule has 0 saturated carbocycles. The summed E-state index contributed by atoms with van der Waals surface area (Å²) >= 11 is 12.0. The number of nitrogens with one attached hydrogen (secondary N) is 2. The van der Waals surface area contributed by atoms with E-state index in [-0.39, 0.29) is 24.4 Å². The molecule has 2 atom stereocenters. The molecule has 2 aromatic rings. The predicted octanol–water partition coefficient (Wildman–Crippen LogP) is 4.01. The van der Waals surface area contributed by atoms with Gasteiger partial charge in [-0.3, -0.25) is 4.79 Å². The van der Waals surface area contributed by atoms with E-state index in [0.29, 0.717) is 15.8 Å². The second-order valence-electron chi connectivity index (χ2n) is 5.68. The molecule has 1 heterocycles. The van der Waals surface area contributed by atoms with Gasteiger partial charge in [-0.15, -0.1) is 12.4 Å². The summed E-state index contributed by atoms with van der Waals surface area (Å²) < 4.78 is 5.93. The molecule has 1 aliphatic heterocycles. The largest absolute Gasteiger partial charge is 0.476 e. The first kappa shape index (κ1) is 19.9. The third kappa shape index (κ3) is 5.25. The lowest BCUT2D eigenvalue weighted by molar-refractivity contribution is -0.128. The Hall–Kier alpha value is -1.46. The highest BCUT2D eigenvalue weighted by molar-refractivity contribution is 6.42. The summed E-state index contributed by atoms with van der Waals surface area (Å²) in [6.07, 6.45) is 0.170. The van der Waals surface area contributed by atoms with E-state index in [0.717, 1.165) is 25.1 Å². The number of amides is 1. The van der Waals surface area contributed by atoms with Gasteiger partial charge in [-0.05, 0) is 25.1 Å². The summed E-state index contributed by atoms with van der Waals surface area (Å²) in [5.74, 6) is 0.332. The summed E-state index contributed by atoms with van der Waals surface area (Å²) in [5.41, 5.74) is 0.784. The number of hydrogen-bond donors (Lipinski definition) is 2. The zero-order valence-electron chi connectivity index (χ0n) is 13.4. The van der Waals surface area contributed by atoms with E-state index in [2.05, 4.69) is 10.6 Å². The maximum Gasteiger partial charge on any atom is 0.266 e. The van der Waals surface area contributed by atoms with Crippen molar-refractivity contribution in [2.45, 2.75) is 18.6 Å². The second kappa shape index (κ2) is 9.30. The minimum atomic E-state index is -0.746. The van der Waals surface area contributed by atoms with Crippen LogP contribution in [-0.4, -0.2) is 25.0 Å². The molecule has 2 aromatic carbocycles. The van der Waals surface area contributed by atoms with Crippen LogP contribution in [0, 0.1) is 0 Å². The quantitative estimate of drug-likeness (QED) is 0.796. The van der Waals surface area contributed by atoms with Gasteiger partial charge in [0.1, 0.15) is 5.75 Å². The van der Waals surface area contributed by atoms with Crippen LogP contribution < -0.4 is 15.4 Å². The lowest BCUT2D eigenvalue weighted by Crippen LogP contribution is -2.40. The van der Waals surface area contributed by atoms with Gasteiger partial charge in [-0.25, -0.2) is 0 Å². The van der Waals surface area contributed by atoms with E-state index >= 15 is 0 Å². The van der Waals surface area contributed by atoms with Gasteiger partial charge in [-0.1, -0.05) is 53.5 Å². The summed E-state index contributed by atoms with van der Waals surface area (Å²) in [6, 6.07) is 14.5. The molecule has 0 spiro atoms. The van der Waals surface area contributed by atoms with Crippen molar-refractivity contribution >= 4 is 41.5 Å². The molecule has 7 heteroatoms. The third-order valence-electron chi connectivity index (χ3n) is 3.89. The van der Waals surface area contributed by atoms with Crippen molar-refractivity contribution in [2.75, 3.05) is 13.1 Å². The molecule has 134 valence electrons. The maximum atomic E-state index is 12.7. The van der Waals surface area contributed by atoms with Crippen LogP contribution in [-0.2, 0) is 4.79 Å². The monoisotopic (exact) mass is 400 g/mol. The lowest BCUT2D eigenvalue weighted by Gasteiger charge is -2.21. The molecule has 2 unspecified atom stereocenters. The first-order valence-corrected chi connectivity index (χ1v) is 8.57. The Morgan fingerprint density at radius 3 is 2.56 bits per heavy atom. The molecule has 1 amide bonds. The molecule has 25 heavy (non-hydrogen) atoms. The molecule has 0 aliphatic carbocycles. The highest BCUT2D eigenvalue weighted by Gasteiger charge is 2.26. The number of carbonyl (C=O) groups excluding carboxylic acids is 1. The van der Waals surface area contributed by atoms with Gasteiger partial charge in [0.15, 0.2) is 0 Å². The average Bonchev–Trinajstić information content (AvgIpc) is 3.09. The van der Waals surface area contributed by atoms with Gasteiger partial charge in [-0.2, -0.15) is 0 Å². The van der Waals surface area contributed by atoms with Crippen molar-refractivity contribution in [3.05, 3.63) is 64.1 Å². The minimum absolute atomic E-state index is 0. The van der Waals surface area contributed by atoms with Crippen LogP contribution in [0.4, 0.5) is 0 Å². The van der Waals surface area contributed by atoms with E-state index in [9.17, 15) is 4.79 Å². The van der Waals surface area contributed by atoms with Crippen molar-refractivity contribution in [2.24, 2.45) is 0 Å². The van der Waals surface area contributed by atoms with E-state index in [1.54, 1.807) is 18.2 Å². The first-order valence-electron chi connectivity index (χ1n) is 7.81. The molecule has 0 bridgehead atoms. The highest BCUT2D eigenvalue weighted by atomic mass is 35.5. The smallest absolute Gasteiger partial charge is 0.266 e. The summed E-state index contributed by atoms with van der Waals surface area (Å²) in [7, 11) is 0. The molecular formula is C18H19Cl3N2O2. The van der Waals surface area contributed by atoms with Crippen molar-refractivity contribution in [3.63, 3.8) is 0 Å². The Kier molecular flexibility index (Phi) is 7.38. The fourth-order valence-corrected chi connectivity index (χ4v) is 2.93. The molecule has 1 aliphatic rings. The van der Waals surface area contributed by atoms with Crippen LogP contribution in [0.5, 0.6) is 5.75 Å². The summed E-state index contributed by atoms with van der Waals surface area (Å²) in [6.45, 7) is 1.69. The Morgan fingerprint density at radius 1 is 1.16 bits per heavy atom. The minimum Gasteiger partial charge on any atom is -0.476 e. The van der Waals surface area contributed by atoms with Gasteiger partial charge in [0.05, 0.1) is 10.0 Å². The van der Waals surface area contributed by atoms with Crippen LogP contribution in [0.2, 0.25) is 10.0 Å². The van der Waals surface area contributed by atoms with Crippen LogP contribution in [0.1, 0.15) is 18.1 Å². The van der Waals surface area contributed by atoms with Crippen molar-refractivity contribution < 1.29 is 9.53 Å². The van der Waals surface area contributed by atoms with Crippen molar-refractivity contribution in [1.82, 2.24) is 10.6 Å². The first-order chi connectivity index (χ1) is 11.6. The number of ether oxygens (including phenoxy) is 1. The second-order valence-corrected chi connectivity index (χ2v) is 6.50. The van der Waals surface area contributed by atoms with Gasteiger partial charge >= 0.3 is 0 Å². The van der Waals surface area contributed by atoms with Gasteiger partial charge in [0.2, 0.25) is 6.10 Å². The molecular weight excluding hydrogens is 383 g/mol. The van der Waals surface area contributed by atoms with Gasteiger partial charge in [0, 0.05) is 24.2 Å². The van der Waals surface area contributed by atoms with Crippen LogP contribution in [0.3, 0.4) is 0 Å². The maximum absolute atomic E-state index is 12.7. The number of benzene rings is 2. The van der Waals surface area contributed by atoms with Crippen molar-refractivity contribution in [3.8, 4) is 5.75 Å². The Morgan fingerprint density at radius 2 is 1.92 bits per heavy atom. The zero-order valence-corrected chi connectivity index (χ0v) is 15.7. The standard InChI is InChI=1S/C18H18Cl2N2O2.ClH/c19-15-7-6-14(10-16(15)20)24-17(12-4-2-1-3-5-12)18(23)22-13-8-9-21-11-13;/h1-7,10,13,17,21H,8-9,11H2,(H,22,23);1H. The van der Waals surface area contributed by atoms with E-state index in [1.807, 2.05) is 30.3 Å². The fourth-order valence-electron chi connectivity index (χ4n) is 2.64. The molecule has 3 rings (SSSR count). The lowest BCUT2D eigenvalue weighted by atomic mass is 10.1. The van der Waals surface area contributed by atoms with E-state index in [1.165, 1.54) is 0 Å². The third-order valence-corrected chi connectivity index (χ3v) is 4.63. The Labute approximate surface area is 163 Å². The van der Waals surface area contributed by atoms with E-state index in [4.69, 9.17) is 27.9 Å². The number of hydrogen-bond acceptors (Lipinski definition) is 3. The Bertz CT molecular complexity index is 707. The van der Waals surface area contributed by atoms with E-state index < -0.39 is 6.10 Å². The highest BCUT2D eigenvalue weighted by Crippen LogP contribution is 2.29. The van der Waals surface area contributed by atoms with Gasteiger partial charge < -0.3 is 15.4 Å². The Balaban J connectivity index is 0.00000225. The van der Waals surface area contributed by atoms with Crippen LogP contribution in [0.15, 0.2) is 48.5 Å². The summed E-state index contributed by atoms with van der Waals surface area (Å²) in [4.78, 5) is 12.7. The number of rotatable bonds is 5. The average molecular weight is 402 g/mol. The van der Waals surface area contributed by atoms with Crippen LogP contribution >= 0.6 is 35.6 Å². The fraction of sp³-hybridized carbons (Fsp3) is 0.278. The predicted molar refractivity (Wildman–Crippen MR) is 103 cm³/mol. The molecule has 1 fully saturated rings. The SMILES string of the molecule is Cl.O=C(NC1CCNC1)C(Oc1ccc(Cl)c(Cl)c1)c1ccccc1. The molecule has 0 radical (unpaired) electrons. The normalized spacial score (nSPS) is 17.4. The summed E-state index contributed by atoms with van der Waals surface area (Å²) in [5, 5.41) is 7.11. The van der Waals surface area contributed by atoms with Crippen molar-refractivity contribution in [1.29, 1.82) is 0 Å². The van der Waals surface area contributed by atoms with Crippen LogP contribution in [0.25, 0.3) is 0 Å². The van der Waals surface area contributed by atoms with Gasteiger partial charge in [0.25, 0.3) is 5.91 Å². The molecule has 2 N–H and O–H groups in total. The topological polar surface area (TPSA) is 50.4 Å². The molecule has 0 aromatic heterocycles.